The van der Waals surface area contributed by atoms with Crippen LogP contribution in [0.2, 0.25) is 0 Å². The zero-order chi connectivity index (χ0) is 19.4. The van der Waals surface area contributed by atoms with Gasteiger partial charge in [0.1, 0.15) is 5.75 Å². The molecule has 1 aromatic heterocycles. The van der Waals surface area contributed by atoms with Crippen molar-refractivity contribution in [2.45, 2.75) is 6.92 Å². The summed E-state index contributed by atoms with van der Waals surface area (Å²) in [5.41, 5.74) is 1.20. The lowest BCUT2D eigenvalue weighted by Crippen LogP contribution is -2.14. The molecule has 0 bridgehead atoms. The number of ketones is 1. The number of hydrogen-bond acceptors (Lipinski definition) is 8. The molecule has 0 saturated heterocycles. The standard InChI is InChI=1S/C17H13N5O4S/c1-11(23)16-20-21(13-4-6-14(7-5-13)22(25)26)17(27-16)19-18-10-12-2-8-15(24)9-3-12/h2-10,24H,1H3/b18-10+,19-17-. The average Bonchev–Trinajstić information content (AvgIpc) is 3.08. The first kappa shape index (κ1) is 18.1. The van der Waals surface area contributed by atoms with Crippen molar-refractivity contribution in [1.82, 2.24) is 9.78 Å². The van der Waals surface area contributed by atoms with Gasteiger partial charge in [-0.3, -0.25) is 14.9 Å². The lowest BCUT2D eigenvalue weighted by molar-refractivity contribution is -0.384. The fourth-order valence-electron chi connectivity index (χ4n) is 2.08. The van der Waals surface area contributed by atoms with Gasteiger partial charge < -0.3 is 5.11 Å². The number of rotatable bonds is 5. The maximum Gasteiger partial charge on any atom is 0.269 e. The van der Waals surface area contributed by atoms with Crippen LogP contribution < -0.4 is 4.80 Å². The van der Waals surface area contributed by atoms with Gasteiger partial charge in [-0.1, -0.05) is 11.3 Å². The van der Waals surface area contributed by atoms with E-state index in [4.69, 9.17) is 0 Å². The zero-order valence-electron chi connectivity index (χ0n) is 14.0. The van der Waals surface area contributed by atoms with Crippen LogP contribution in [-0.2, 0) is 0 Å². The van der Waals surface area contributed by atoms with Gasteiger partial charge in [-0.15, -0.1) is 5.10 Å². The molecule has 2 aromatic carbocycles. The van der Waals surface area contributed by atoms with Crippen LogP contribution in [0.15, 0.2) is 58.7 Å². The second-order valence-electron chi connectivity index (χ2n) is 5.37. The van der Waals surface area contributed by atoms with Crippen LogP contribution >= 0.6 is 11.3 Å². The van der Waals surface area contributed by atoms with Crippen molar-refractivity contribution < 1.29 is 14.8 Å². The molecule has 0 aliphatic carbocycles. The molecule has 0 amide bonds. The molecule has 1 N–H and O–H groups in total. The lowest BCUT2D eigenvalue weighted by Gasteiger charge is -1.99. The molecule has 10 heteroatoms. The Balaban J connectivity index is 1.99. The maximum absolute atomic E-state index is 11.7. The predicted octanol–water partition coefficient (Wildman–Crippen LogP) is 2.69. The minimum Gasteiger partial charge on any atom is -0.508 e. The van der Waals surface area contributed by atoms with E-state index in [0.29, 0.717) is 10.5 Å². The summed E-state index contributed by atoms with van der Waals surface area (Å²) in [5.74, 6) is -0.0757. The van der Waals surface area contributed by atoms with Gasteiger partial charge >= 0.3 is 0 Å². The number of aromatic nitrogens is 2. The Kier molecular flexibility index (Phi) is 5.18. The van der Waals surface area contributed by atoms with Crippen LogP contribution in [0.25, 0.3) is 5.69 Å². The molecule has 0 radical (unpaired) electrons. The number of phenols is 1. The first-order valence-corrected chi connectivity index (χ1v) is 8.48. The summed E-state index contributed by atoms with van der Waals surface area (Å²) in [7, 11) is 0. The van der Waals surface area contributed by atoms with Gasteiger partial charge in [0.25, 0.3) is 5.69 Å². The number of aromatic hydroxyl groups is 1. The van der Waals surface area contributed by atoms with Crippen molar-refractivity contribution >= 4 is 29.0 Å². The van der Waals surface area contributed by atoms with Gasteiger partial charge in [-0.2, -0.15) is 10.2 Å². The Hall–Kier alpha value is -3.66. The number of phenolic OH excluding ortho intramolecular Hbond substituents is 1. The Morgan fingerprint density at radius 1 is 1.22 bits per heavy atom. The summed E-state index contributed by atoms with van der Waals surface area (Å²) in [5, 5.41) is 32.6. The Labute approximate surface area is 156 Å². The van der Waals surface area contributed by atoms with Crippen molar-refractivity contribution in [3.8, 4) is 11.4 Å². The number of nitrogens with zero attached hydrogens (tertiary/aromatic N) is 5. The largest absolute Gasteiger partial charge is 0.508 e. The Morgan fingerprint density at radius 3 is 2.48 bits per heavy atom. The fraction of sp³-hybridized carbons (Fsp3) is 0.0588. The first-order valence-electron chi connectivity index (χ1n) is 7.66. The third-order valence-electron chi connectivity index (χ3n) is 3.41. The third-order valence-corrected chi connectivity index (χ3v) is 4.41. The van der Waals surface area contributed by atoms with Crippen molar-refractivity contribution in [1.29, 1.82) is 0 Å². The van der Waals surface area contributed by atoms with Crippen molar-refractivity contribution in [2.24, 2.45) is 10.2 Å². The smallest absolute Gasteiger partial charge is 0.269 e. The van der Waals surface area contributed by atoms with Crippen molar-refractivity contribution in [3.05, 3.63) is 74.0 Å². The highest BCUT2D eigenvalue weighted by atomic mass is 32.1. The average molecular weight is 383 g/mol. The molecule has 27 heavy (non-hydrogen) atoms. The monoisotopic (exact) mass is 383 g/mol. The molecule has 136 valence electrons. The first-order chi connectivity index (χ1) is 12.9. The highest BCUT2D eigenvalue weighted by Crippen LogP contribution is 2.15. The molecule has 0 spiro atoms. The minimum atomic E-state index is -0.496. The molecule has 0 aliphatic heterocycles. The van der Waals surface area contributed by atoms with Crippen LogP contribution in [0.3, 0.4) is 0 Å². The van der Waals surface area contributed by atoms with E-state index in [-0.39, 0.29) is 22.2 Å². The summed E-state index contributed by atoms with van der Waals surface area (Å²) in [6.45, 7) is 1.39. The van der Waals surface area contributed by atoms with Crippen molar-refractivity contribution in [3.63, 3.8) is 0 Å². The number of nitro groups is 1. The van der Waals surface area contributed by atoms with E-state index in [0.717, 1.165) is 16.9 Å². The van der Waals surface area contributed by atoms with Crippen LogP contribution in [0.5, 0.6) is 5.75 Å². The second kappa shape index (κ2) is 7.70. The quantitative estimate of drug-likeness (QED) is 0.314. The summed E-state index contributed by atoms with van der Waals surface area (Å²) in [4.78, 5) is 22.3. The van der Waals surface area contributed by atoms with E-state index in [2.05, 4.69) is 15.3 Å². The SMILES string of the molecule is CC(=O)c1nn(-c2ccc([N+](=O)[O-])cc2)/c(=N/N=C/c2ccc(O)cc2)s1. The number of benzene rings is 2. The van der Waals surface area contributed by atoms with Gasteiger partial charge in [0.2, 0.25) is 4.80 Å². The van der Waals surface area contributed by atoms with Crippen LogP contribution in [0.4, 0.5) is 5.69 Å². The maximum atomic E-state index is 11.7. The van der Waals surface area contributed by atoms with Gasteiger partial charge in [0, 0.05) is 19.1 Å². The van der Waals surface area contributed by atoms with E-state index < -0.39 is 4.92 Å². The van der Waals surface area contributed by atoms with Crippen LogP contribution in [-0.4, -0.2) is 31.8 Å². The van der Waals surface area contributed by atoms with E-state index in [1.54, 1.807) is 12.1 Å². The molecular formula is C17H13N5O4S. The molecule has 3 aromatic rings. The van der Waals surface area contributed by atoms with E-state index >= 15 is 0 Å². The molecule has 0 aliphatic rings. The van der Waals surface area contributed by atoms with E-state index in [1.807, 2.05) is 0 Å². The highest BCUT2D eigenvalue weighted by Gasteiger charge is 2.12. The fourth-order valence-corrected chi connectivity index (χ4v) is 2.84. The Morgan fingerprint density at radius 2 is 1.89 bits per heavy atom. The van der Waals surface area contributed by atoms with Gasteiger partial charge in [-0.25, -0.2) is 4.68 Å². The summed E-state index contributed by atoms with van der Waals surface area (Å²) >= 11 is 1.06. The summed E-state index contributed by atoms with van der Waals surface area (Å²) < 4.78 is 1.40. The van der Waals surface area contributed by atoms with Gasteiger partial charge in [-0.05, 0) is 42.0 Å². The molecule has 0 saturated carbocycles. The number of hydrogen-bond donors (Lipinski definition) is 1. The molecule has 0 fully saturated rings. The summed E-state index contributed by atoms with van der Waals surface area (Å²) in [6.07, 6.45) is 1.49. The van der Waals surface area contributed by atoms with Crippen molar-refractivity contribution in [2.75, 3.05) is 0 Å². The molecule has 0 unspecified atom stereocenters. The Bertz CT molecular complexity index is 1080. The topological polar surface area (TPSA) is 123 Å². The number of Topliss-reactive ketones (excluding diaryl/α,β-unsaturated/α-hetero) is 1. The molecule has 3 rings (SSSR count). The van der Waals surface area contributed by atoms with E-state index in [1.165, 1.54) is 54.2 Å². The van der Waals surface area contributed by atoms with Gasteiger partial charge in [0.05, 0.1) is 16.8 Å². The molecule has 0 atom stereocenters. The predicted molar refractivity (Wildman–Crippen MR) is 99.4 cm³/mol. The minimum absolute atomic E-state index is 0.0507. The zero-order valence-corrected chi connectivity index (χ0v) is 14.8. The van der Waals surface area contributed by atoms with Gasteiger partial charge in [0.15, 0.2) is 10.8 Å². The number of non-ortho nitro benzene ring substituents is 1. The number of nitro benzene ring substituents is 1. The summed E-state index contributed by atoms with van der Waals surface area (Å²) in [6, 6.07) is 12.1. The second-order valence-corrected chi connectivity index (χ2v) is 6.32. The third kappa shape index (κ3) is 4.30. The highest BCUT2D eigenvalue weighted by molar-refractivity contribution is 7.10. The normalized spacial score (nSPS) is 11.8. The lowest BCUT2D eigenvalue weighted by atomic mass is 10.2. The molecule has 9 nitrogen and oxygen atoms in total. The van der Waals surface area contributed by atoms with Crippen LogP contribution in [0.1, 0.15) is 22.3 Å². The number of carbonyl (C=O) groups is 1. The van der Waals surface area contributed by atoms with Crippen LogP contribution in [0, 0.1) is 10.1 Å². The molecular weight excluding hydrogens is 370 g/mol. The molecule has 1 heterocycles. The van der Waals surface area contributed by atoms with E-state index in [9.17, 15) is 20.0 Å². The number of carbonyl (C=O) groups excluding carboxylic acids is 1.